The van der Waals surface area contributed by atoms with Gasteiger partial charge in [-0.25, -0.2) is 0 Å². The van der Waals surface area contributed by atoms with E-state index in [9.17, 15) is 0 Å². The van der Waals surface area contributed by atoms with Crippen molar-refractivity contribution in [1.29, 1.82) is 0 Å². The number of nitrogens with one attached hydrogen (secondary N) is 1. The molecular weight excluding hydrogens is 379 g/mol. The summed E-state index contributed by atoms with van der Waals surface area (Å²) >= 11 is 0. The second-order valence-electron chi connectivity index (χ2n) is 5.97. The molecule has 21 heavy (non-hydrogen) atoms. The Bertz CT molecular complexity index is 458. The van der Waals surface area contributed by atoms with E-state index in [1.54, 1.807) is 0 Å². The monoisotopic (exact) mass is 406 g/mol. The van der Waals surface area contributed by atoms with E-state index >= 15 is 0 Å². The number of aromatic nitrogens is 1. The summed E-state index contributed by atoms with van der Waals surface area (Å²) in [5.74, 6) is 2.95. The quantitative estimate of drug-likeness (QED) is 0.476. The minimum absolute atomic E-state index is 0. The molecule has 0 aromatic carbocycles. The molecule has 2 heterocycles. The van der Waals surface area contributed by atoms with Crippen molar-refractivity contribution in [2.24, 2.45) is 10.9 Å². The molecule has 1 unspecified atom stereocenters. The third-order valence-corrected chi connectivity index (χ3v) is 3.76. The van der Waals surface area contributed by atoms with Gasteiger partial charge >= 0.3 is 0 Å². The van der Waals surface area contributed by atoms with Crippen LogP contribution in [0, 0.1) is 5.92 Å². The van der Waals surface area contributed by atoms with Gasteiger partial charge in [-0.1, -0.05) is 25.9 Å². The van der Waals surface area contributed by atoms with Gasteiger partial charge in [-0.15, -0.1) is 24.0 Å². The Morgan fingerprint density at radius 3 is 2.90 bits per heavy atom. The van der Waals surface area contributed by atoms with E-state index in [0.717, 1.165) is 36.4 Å². The van der Waals surface area contributed by atoms with Gasteiger partial charge in [-0.2, -0.15) is 0 Å². The molecule has 1 aromatic heterocycles. The second-order valence-corrected chi connectivity index (χ2v) is 5.97. The topological polar surface area (TPSA) is 53.7 Å². The first-order chi connectivity index (χ1) is 9.60. The number of nitrogens with zero attached hydrogens (tertiary/aromatic N) is 3. The summed E-state index contributed by atoms with van der Waals surface area (Å²) in [5.41, 5.74) is 1.00. The molecule has 120 valence electrons. The van der Waals surface area contributed by atoms with Crippen molar-refractivity contribution in [3.63, 3.8) is 0 Å². The SMILES string of the molecule is CN=C(NCc1cc(C(C)C)no1)N1CCCC(C)C1.I. The number of piperidine rings is 1. The van der Waals surface area contributed by atoms with Crippen LogP contribution >= 0.6 is 24.0 Å². The molecule has 1 saturated heterocycles. The lowest BCUT2D eigenvalue weighted by Crippen LogP contribution is -2.45. The number of halogens is 1. The Morgan fingerprint density at radius 1 is 1.57 bits per heavy atom. The van der Waals surface area contributed by atoms with Crippen molar-refractivity contribution < 1.29 is 4.52 Å². The first-order valence-corrected chi connectivity index (χ1v) is 7.51. The van der Waals surface area contributed by atoms with Crippen molar-refractivity contribution in [2.75, 3.05) is 20.1 Å². The van der Waals surface area contributed by atoms with Gasteiger partial charge in [-0.05, 0) is 24.7 Å². The molecular formula is C15H27IN4O. The van der Waals surface area contributed by atoms with E-state index < -0.39 is 0 Å². The smallest absolute Gasteiger partial charge is 0.194 e. The summed E-state index contributed by atoms with van der Waals surface area (Å²) in [6, 6.07) is 2.02. The first kappa shape index (κ1) is 18.3. The highest BCUT2D eigenvalue weighted by Gasteiger charge is 2.19. The maximum absolute atomic E-state index is 5.34. The lowest BCUT2D eigenvalue weighted by molar-refractivity contribution is 0.264. The van der Waals surface area contributed by atoms with Gasteiger partial charge in [0.25, 0.3) is 0 Å². The molecule has 0 spiro atoms. The molecule has 1 N–H and O–H groups in total. The van der Waals surface area contributed by atoms with Crippen LogP contribution in [0.3, 0.4) is 0 Å². The molecule has 1 fully saturated rings. The largest absolute Gasteiger partial charge is 0.359 e. The summed E-state index contributed by atoms with van der Waals surface area (Å²) < 4.78 is 5.34. The average molecular weight is 406 g/mol. The summed E-state index contributed by atoms with van der Waals surface area (Å²) in [6.07, 6.45) is 2.55. The van der Waals surface area contributed by atoms with Crippen LogP contribution in [-0.2, 0) is 6.54 Å². The maximum atomic E-state index is 5.34. The van der Waals surface area contributed by atoms with E-state index in [1.807, 2.05) is 13.1 Å². The molecule has 5 nitrogen and oxygen atoms in total. The Hall–Kier alpha value is -0.790. The van der Waals surface area contributed by atoms with Gasteiger partial charge in [0.15, 0.2) is 11.7 Å². The van der Waals surface area contributed by atoms with E-state index in [1.165, 1.54) is 12.8 Å². The zero-order valence-corrected chi connectivity index (χ0v) is 15.8. The molecule has 1 aromatic rings. The number of hydrogen-bond acceptors (Lipinski definition) is 3. The highest BCUT2D eigenvalue weighted by molar-refractivity contribution is 14.0. The van der Waals surface area contributed by atoms with Crippen molar-refractivity contribution in [3.05, 3.63) is 17.5 Å². The second kappa shape index (κ2) is 8.60. The van der Waals surface area contributed by atoms with Crippen molar-refractivity contribution >= 4 is 29.9 Å². The zero-order valence-electron chi connectivity index (χ0n) is 13.4. The van der Waals surface area contributed by atoms with Gasteiger partial charge < -0.3 is 14.7 Å². The molecule has 1 atom stereocenters. The Kier molecular flexibility index (Phi) is 7.48. The van der Waals surface area contributed by atoms with Crippen molar-refractivity contribution in [1.82, 2.24) is 15.4 Å². The van der Waals surface area contributed by atoms with Gasteiger partial charge in [0, 0.05) is 26.2 Å². The summed E-state index contributed by atoms with van der Waals surface area (Å²) in [4.78, 5) is 6.70. The fraction of sp³-hybridized carbons (Fsp3) is 0.733. The predicted octanol–water partition coefficient (Wildman–Crippen LogP) is 3.22. The van der Waals surface area contributed by atoms with Gasteiger partial charge in [0.1, 0.15) is 0 Å². The standard InChI is InChI=1S/C15H26N4O.HI/c1-11(2)14-8-13(20-18-14)9-17-15(16-4)19-7-5-6-12(3)10-19;/h8,11-12H,5-7,9-10H2,1-4H3,(H,16,17);1H. The summed E-state index contributed by atoms with van der Waals surface area (Å²) in [7, 11) is 1.83. The van der Waals surface area contributed by atoms with Crippen molar-refractivity contribution in [2.45, 2.75) is 46.1 Å². The molecule has 0 bridgehead atoms. The van der Waals surface area contributed by atoms with E-state index in [0.29, 0.717) is 12.5 Å². The summed E-state index contributed by atoms with van der Waals surface area (Å²) in [6.45, 7) is 9.32. The lowest BCUT2D eigenvalue weighted by Gasteiger charge is -2.33. The van der Waals surface area contributed by atoms with E-state index in [-0.39, 0.29) is 24.0 Å². The molecule has 6 heteroatoms. The molecule has 1 aliphatic rings. The van der Waals surface area contributed by atoms with Gasteiger partial charge in [0.2, 0.25) is 0 Å². The molecule has 0 radical (unpaired) electrons. The Balaban J connectivity index is 0.00000220. The molecule has 0 aliphatic carbocycles. The van der Waals surface area contributed by atoms with Crippen LogP contribution in [0.2, 0.25) is 0 Å². The highest BCUT2D eigenvalue weighted by Crippen LogP contribution is 2.16. The van der Waals surface area contributed by atoms with Gasteiger partial charge in [-0.3, -0.25) is 4.99 Å². The van der Waals surface area contributed by atoms with Crippen LogP contribution in [0.15, 0.2) is 15.6 Å². The van der Waals surface area contributed by atoms with Crippen LogP contribution < -0.4 is 5.32 Å². The molecule has 0 saturated carbocycles. The zero-order chi connectivity index (χ0) is 14.5. The van der Waals surface area contributed by atoms with Crippen LogP contribution in [0.5, 0.6) is 0 Å². The number of guanidine groups is 1. The Labute approximate surface area is 144 Å². The first-order valence-electron chi connectivity index (χ1n) is 7.51. The summed E-state index contributed by atoms with van der Waals surface area (Å²) in [5, 5.41) is 7.45. The molecule has 1 aliphatic heterocycles. The normalized spacial score (nSPS) is 19.6. The maximum Gasteiger partial charge on any atom is 0.194 e. The van der Waals surface area contributed by atoms with E-state index in [4.69, 9.17) is 4.52 Å². The number of rotatable bonds is 3. The average Bonchev–Trinajstić information content (AvgIpc) is 2.88. The van der Waals surface area contributed by atoms with Crippen LogP contribution in [0.4, 0.5) is 0 Å². The number of hydrogen-bond donors (Lipinski definition) is 1. The van der Waals surface area contributed by atoms with Gasteiger partial charge in [0.05, 0.1) is 12.2 Å². The number of likely N-dealkylation sites (tertiary alicyclic amines) is 1. The number of aliphatic imine (C=N–C) groups is 1. The minimum Gasteiger partial charge on any atom is -0.359 e. The predicted molar refractivity (Wildman–Crippen MR) is 96.2 cm³/mol. The van der Waals surface area contributed by atoms with Crippen LogP contribution in [-0.4, -0.2) is 36.2 Å². The van der Waals surface area contributed by atoms with E-state index in [2.05, 4.69) is 41.1 Å². The Morgan fingerprint density at radius 2 is 2.33 bits per heavy atom. The lowest BCUT2D eigenvalue weighted by atomic mass is 10.0. The minimum atomic E-state index is 0. The fourth-order valence-electron chi connectivity index (χ4n) is 2.56. The van der Waals surface area contributed by atoms with Crippen LogP contribution in [0.25, 0.3) is 0 Å². The van der Waals surface area contributed by atoms with Crippen molar-refractivity contribution in [3.8, 4) is 0 Å². The molecule has 2 rings (SSSR count). The van der Waals surface area contributed by atoms with Crippen LogP contribution in [0.1, 0.15) is 51.0 Å². The third kappa shape index (κ3) is 5.16. The third-order valence-electron chi connectivity index (χ3n) is 3.76. The highest BCUT2D eigenvalue weighted by atomic mass is 127. The molecule has 0 amide bonds. The fourth-order valence-corrected chi connectivity index (χ4v) is 2.56.